The molecule has 30 heavy (non-hydrogen) atoms. The van der Waals surface area contributed by atoms with Gasteiger partial charge in [0.15, 0.2) is 5.16 Å². The van der Waals surface area contributed by atoms with Crippen LogP contribution in [0.5, 0.6) is 0 Å². The molecule has 1 N–H and O–H groups in total. The van der Waals surface area contributed by atoms with Crippen LogP contribution in [-0.4, -0.2) is 21.2 Å². The van der Waals surface area contributed by atoms with Crippen molar-refractivity contribution in [1.29, 1.82) is 0 Å². The largest absolute Gasteiger partial charge is 0.416 e. The lowest BCUT2D eigenvalue weighted by atomic mass is 10.0. The fourth-order valence-corrected chi connectivity index (χ4v) is 4.08. The Hall–Kier alpha value is -2.48. The minimum Gasteiger partial charge on any atom is -0.325 e. The number of hydrogen-bond acceptors (Lipinski definition) is 3. The summed E-state index contributed by atoms with van der Waals surface area (Å²) in [6.07, 6.45) is -4.42. The van der Waals surface area contributed by atoms with Gasteiger partial charge in [-0.2, -0.15) is 13.2 Å². The second kappa shape index (κ2) is 8.71. The van der Waals surface area contributed by atoms with Crippen LogP contribution in [0.1, 0.15) is 50.8 Å². The zero-order valence-electron chi connectivity index (χ0n) is 17.2. The molecule has 0 radical (unpaired) electrons. The Morgan fingerprint density at radius 3 is 2.33 bits per heavy atom. The Balaban J connectivity index is 1.75. The first kappa shape index (κ1) is 22.2. The summed E-state index contributed by atoms with van der Waals surface area (Å²) in [7, 11) is 0. The Morgan fingerprint density at radius 1 is 1.10 bits per heavy atom. The number of carbonyl (C=O) groups excluding carboxylic acids is 1. The van der Waals surface area contributed by atoms with E-state index >= 15 is 0 Å². The lowest BCUT2D eigenvalue weighted by molar-refractivity contribution is -0.137. The lowest BCUT2D eigenvalue weighted by Gasteiger charge is -2.13. The summed E-state index contributed by atoms with van der Waals surface area (Å²) in [6.45, 7) is 8.06. The molecule has 160 valence electrons. The summed E-state index contributed by atoms with van der Waals surface area (Å²) >= 11 is 1.21. The third-order valence-corrected chi connectivity index (χ3v) is 5.65. The van der Waals surface area contributed by atoms with Crippen LogP contribution in [0.3, 0.4) is 0 Å². The summed E-state index contributed by atoms with van der Waals surface area (Å²) < 4.78 is 40.9. The molecule has 0 atom stereocenters. The average Bonchev–Trinajstić information content (AvgIpc) is 3.04. The summed E-state index contributed by atoms with van der Waals surface area (Å²) in [6, 6.07) is 11.2. The van der Waals surface area contributed by atoms with Crippen molar-refractivity contribution in [1.82, 2.24) is 9.55 Å². The molecular weight excluding hydrogens is 411 g/mol. The molecule has 4 nitrogen and oxygen atoms in total. The van der Waals surface area contributed by atoms with Crippen LogP contribution in [-0.2, 0) is 11.0 Å². The van der Waals surface area contributed by atoms with Crippen molar-refractivity contribution < 1.29 is 18.0 Å². The van der Waals surface area contributed by atoms with Crippen LogP contribution in [0.2, 0.25) is 0 Å². The molecule has 3 aromatic rings. The predicted molar refractivity (Wildman–Crippen MR) is 115 cm³/mol. The number of carbonyl (C=O) groups is 1. The monoisotopic (exact) mass is 435 g/mol. The van der Waals surface area contributed by atoms with E-state index in [1.165, 1.54) is 23.4 Å². The number of thioether (sulfide) groups is 1. The molecule has 1 amide bonds. The molecule has 0 unspecified atom stereocenters. The third-order valence-electron chi connectivity index (χ3n) is 4.69. The molecule has 2 aromatic carbocycles. The van der Waals surface area contributed by atoms with E-state index in [2.05, 4.69) is 24.1 Å². The molecule has 0 aliphatic carbocycles. The van der Waals surface area contributed by atoms with E-state index in [1.807, 2.05) is 42.7 Å². The number of fused-ring (bicyclic) bond motifs is 1. The maximum absolute atomic E-state index is 13.0. The molecule has 0 spiro atoms. The van der Waals surface area contributed by atoms with Crippen molar-refractivity contribution in [3.63, 3.8) is 0 Å². The number of nitrogens with zero attached hydrogens (tertiary/aromatic N) is 2. The molecule has 3 rings (SSSR count). The smallest absolute Gasteiger partial charge is 0.325 e. The minimum absolute atomic E-state index is 0.0131. The number of hydrogen-bond donors (Lipinski definition) is 1. The van der Waals surface area contributed by atoms with Crippen LogP contribution < -0.4 is 5.32 Å². The molecule has 0 saturated heterocycles. The van der Waals surface area contributed by atoms with Crippen molar-refractivity contribution in [3.8, 4) is 0 Å². The predicted octanol–water partition coefficient (Wildman–Crippen LogP) is 6.49. The van der Waals surface area contributed by atoms with E-state index in [4.69, 9.17) is 0 Å². The number of rotatable bonds is 6. The fourth-order valence-electron chi connectivity index (χ4n) is 3.13. The van der Waals surface area contributed by atoms with Crippen LogP contribution in [0.15, 0.2) is 47.6 Å². The van der Waals surface area contributed by atoms with E-state index in [0.29, 0.717) is 22.3 Å². The van der Waals surface area contributed by atoms with E-state index in [9.17, 15) is 18.0 Å². The van der Waals surface area contributed by atoms with Crippen molar-refractivity contribution in [2.75, 3.05) is 11.1 Å². The minimum atomic E-state index is -4.42. The van der Waals surface area contributed by atoms with Gasteiger partial charge in [-0.25, -0.2) is 4.98 Å². The highest BCUT2D eigenvalue weighted by atomic mass is 32.2. The number of anilines is 1. The summed E-state index contributed by atoms with van der Waals surface area (Å²) in [5, 5.41) is 3.36. The van der Waals surface area contributed by atoms with E-state index < -0.39 is 11.7 Å². The Kier molecular flexibility index (Phi) is 6.45. The van der Waals surface area contributed by atoms with Gasteiger partial charge in [0.05, 0.1) is 22.3 Å². The highest BCUT2D eigenvalue weighted by Crippen LogP contribution is 2.34. The van der Waals surface area contributed by atoms with Gasteiger partial charge in [-0.3, -0.25) is 4.79 Å². The zero-order chi connectivity index (χ0) is 22.1. The van der Waals surface area contributed by atoms with Gasteiger partial charge in [0, 0.05) is 11.7 Å². The zero-order valence-corrected chi connectivity index (χ0v) is 18.1. The van der Waals surface area contributed by atoms with Crippen molar-refractivity contribution in [2.24, 2.45) is 0 Å². The van der Waals surface area contributed by atoms with Gasteiger partial charge < -0.3 is 9.88 Å². The molecule has 8 heteroatoms. The fraction of sp³-hybridized carbons (Fsp3) is 0.364. The van der Waals surface area contributed by atoms with Gasteiger partial charge in [-0.05, 0) is 55.7 Å². The molecule has 0 aliphatic rings. The number of aromatic nitrogens is 2. The third kappa shape index (κ3) is 4.98. The number of benzene rings is 2. The molecule has 0 saturated carbocycles. The highest BCUT2D eigenvalue weighted by molar-refractivity contribution is 7.99. The van der Waals surface area contributed by atoms with Crippen molar-refractivity contribution in [3.05, 3.63) is 53.6 Å². The number of alkyl halides is 3. The number of halogens is 3. The molecule has 1 heterocycles. The Bertz CT molecular complexity index is 1040. The van der Waals surface area contributed by atoms with E-state index in [-0.39, 0.29) is 23.2 Å². The van der Waals surface area contributed by atoms with Gasteiger partial charge in [-0.1, -0.05) is 37.7 Å². The SMILES string of the molecule is CC(C)c1ccc(NC(=O)CSc2nc3cc(C(F)(F)F)ccc3n2C(C)C)cc1. The first-order valence-electron chi connectivity index (χ1n) is 9.68. The van der Waals surface area contributed by atoms with Crippen LogP contribution in [0.4, 0.5) is 18.9 Å². The quantitative estimate of drug-likeness (QED) is 0.450. The molecular formula is C22H24F3N3OS. The Labute approximate surface area is 177 Å². The van der Waals surface area contributed by atoms with Crippen molar-refractivity contribution >= 4 is 34.4 Å². The van der Waals surface area contributed by atoms with Crippen LogP contribution >= 0.6 is 11.8 Å². The molecule has 0 bridgehead atoms. The number of amides is 1. The average molecular weight is 436 g/mol. The number of nitrogens with one attached hydrogen (secondary N) is 1. The van der Waals surface area contributed by atoms with Gasteiger partial charge in [0.25, 0.3) is 0 Å². The number of imidazole rings is 1. The molecule has 1 aromatic heterocycles. The van der Waals surface area contributed by atoms with Gasteiger partial charge in [0.1, 0.15) is 0 Å². The molecule has 0 fully saturated rings. The lowest BCUT2D eigenvalue weighted by Crippen LogP contribution is -2.15. The van der Waals surface area contributed by atoms with Gasteiger partial charge in [0.2, 0.25) is 5.91 Å². The van der Waals surface area contributed by atoms with Crippen molar-refractivity contribution in [2.45, 2.75) is 51.0 Å². The normalized spacial score (nSPS) is 12.2. The summed E-state index contributed by atoms with van der Waals surface area (Å²) in [4.78, 5) is 16.7. The first-order valence-corrected chi connectivity index (χ1v) is 10.7. The second-order valence-corrected chi connectivity index (χ2v) is 8.62. The summed E-state index contributed by atoms with van der Waals surface area (Å²) in [5.41, 5.74) is 2.04. The molecule has 0 aliphatic heterocycles. The maximum Gasteiger partial charge on any atom is 0.416 e. The highest BCUT2D eigenvalue weighted by Gasteiger charge is 2.31. The van der Waals surface area contributed by atoms with Gasteiger partial charge in [-0.15, -0.1) is 0 Å². The first-order chi connectivity index (χ1) is 14.1. The standard InChI is InChI=1S/C22H24F3N3OS/c1-13(2)15-5-8-17(9-6-15)26-20(29)12-30-21-27-18-11-16(22(23,24)25)7-10-19(18)28(21)14(3)4/h5-11,13-14H,12H2,1-4H3,(H,26,29). The van der Waals surface area contributed by atoms with Crippen LogP contribution in [0.25, 0.3) is 11.0 Å². The topological polar surface area (TPSA) is 46.9 Å². The van der Waals surface area contributed by atoms with E-state index in [0.717, 1.165) is 12.1 Å². The Morgan fingerprint density at radius 2 is 1.77 bits per heavy atom. The van der Waals surface area contributed by atoms with Crippen LogP contribution in [0, 0.1) is 0 Å². The van der Waals surface area contributed by atoms with Gasteiger partial charge >= 0.3 is 6.18 Å². The maximum atomic E-state index is 13.0. The summed E-state index contributed by atoms with van der Waals surface area (Å²) in [5.74, 6) is 0.316. The van der Waals surface area contributed by atoms with E-state index in [1.54, 1.807) is 0 Å². The second-order valence-electron chi connectivity index (χ2n) is 7.67.